The molecule has 114 valence electrons. The van der Waals surface area contributed by atoms with Gasteiger partial charge in [0, 0.05) is 23.8 Å². The summed E-state index contributed by atoms with van der Waals surface area (Å²) < 4.78 is 63.0. The van der Waals surface area contributed by atoms with Crippen molar-refractivity contribution in [1.29, 1.82) is 0 Å². The molecule has 0 aromatic heterocycles. The Hall–Kier alpha value is -1.88. The van der Waals surface area contributed by atoms with Crippen LogP contribution in [-0.2, 0) is 20.2 Å². The molecule has 0 amide bonds. The maximum atomic E-state index is 11.2. The van der Waals surface area contributed by atoms with Gasteiger partial charge in [0.25, 0.3) is 20.2 Å². The molecule has 21 heavy (non-hydrogen) atoms. The van der Waals surface area contributed by atoms with Crippen LogP contribution in [0.4, 0.5) is 11.4 Å². The lowest BCUT2D eigenvalue weighted by Gasteiger charge is -2.12. The monoisotopic (exact) mass is 332 g/mol. The van der Waals surface area contributed by atoms with Gasteiger partial charge < -0.3 is 11.1 Å². The van der Waals surface area contributed by atoms with Crippen LogP contribution in [0, 0.1) is 0 Å². The lowest BCUT2D eigenvalue weighted by molar-refractivity contribution is 0.481. The van der Waals surface area contributed by atoms with E-state index in [1.165, 1.54) is 13.1 Å². The lowest BCUT2D eigenvalue weighted by Crippen LogP contribution is -2.04. The van der Waals surface area contributed by atoms with Gasteiger partial charge in [0.05, 0.1) is 9.79 Å². The summed E-state index contributed by atoms with van der Waals surface area (Å²) in [6.07, 6.45) is 0. The average molecular weight is 332 g/mol. The summed E-state index contributed by atoms with van der Waals surface area (Å²) in [6, 6.07) is 4.36. The number of hydrogen-bond acceptors (Lipinski definition) is 6. The van der Waals surface area contributed by atoms with E-state index in [9.17, 15) is 16.8 Å². The zero-order chi connectivity index (χ0) is 16.0. The fourth-order valence-corrected chi connectivity index (χ4v) is 3.08. The first-order valence-electron chi connectivity index (χ1n) is 5.54. The number of hydrogen-bond donors (Lipinski definition) is 4. The highest BCUT2D eigenvalue weighted by Gasteiger charge is 2.18. The molecule has 0 aliphatic rings. The topological polar surface area (TPSA) is 147 Å². The van der Waals surface area contributed by atoms with E-state index >= 15 is 0 Å². The van der Waals surface area contributed by atoms with Gasteiger partial charge in [-0.05, 0) is 29.7 Å². The molecule has 0 unspecified atom stereocenters. The number of rotatable bonds is 3. The molecule has 0 atom stereocenters. The molecule has 0 spiro atoms. The number of benzene rings is 2. The summed E-state index contributed by atoms with van der Waals surface area (Å²) in [4.78, 5) is -0.895. The van der Waals surface area contributed by atoms with Crippen molar-refractivity contribution >= 4 is 42.4 Å². The van der Waals surface area contributed by atoms with E-state index in [4.69, 9.17) is 14.8 Å². The summed E-state index contributed by atoms with van der Waals surface area (Å²) in [6.45, 7) is 0. The molecule has 2 rings (SSSR count). The Morgan fingerprint density at radius 3 is 1.86 bits per heavy atom. The standard InChI is InChI=1S/C11H12N2O6S2/c1-13-10-5-8(21(17,18)19)3-6-2-7(20(14,15)16)4-9(12)11(6)10/h2-5,13H,12H2,1H3,(H,14,15,16)(H,17,18,19). The maximum absolute atomic E-state index is 11.2. The predicted molar refractivity (Wildman–Crippen MR) is 77.5 cm³/mol. The van der Waals surface area contributed by atoms with Gasteiger partial charge in [-0.2, -0.15) is 16.8 Å². The van der Waals surface area contributed by atoms with E-state index < -0.39 is 30.0 Å². The van der Waals surface area contributed by atoms with Gasteiger partial charge in [-0.15, -0.1) is 0 Å². The SMILES string of the molecule is CNc1cc(S(=O)(=O)O)cc2cc(S(=O)(=O)O)cc(N)c12. The van der Waals surface area contributed by atoms with Crippen molar-refractivity contribution in [1.82, 2.24) is 0 Å². The maximum Gasteiger partial charge on any atom is 0.294 e. The number of nitrogens with one attached hydrogen (secondary N) is 1. The highest BCUT2D eigenvalue weighted by atomic mass is 32.2. The van der Waals surface area contributed by atoms with E-state index in [2.05, 4.69) is 5.32 Å². The van der Waals surface area contributed by atoms with Crippen LogP contribution in [0.1, 0.15) is 0 Å². The molecule has 5 N–H and O–H groups in total. The second-order valence-electron chi connectivity index (χ2n) is 4.28. The molecule has 0 bridgehead atoms. The summed E-state index contributed by atoms with van der Waals surface area (Å²) in [5.74, 6) is 0. The van der Waals surface area contributed by atoms with Gasteiger partial charge in [0.2, 0.25) is 0 Å². The zero-order valence-electron chi connectivity index (χ0n) is 10.7. The Morgan fingerprint density at radius 2 is 1.43 bits per heavy atom. The molecule has 0 aliphatic carbocycles. The lowest BCUT2D eigenvalue weighted by atomic mass is 10.1. The van der Waals surface area contributed by atoms with Crippen molar-refractivity contribution in [3.05, 3.63) is 24.3 Å². The molecular formula is C11H12N2O6S2. The van der Waals surface area contributed by atoms with Crippen LogP contribution in [0.15, 0.2) is 34.1 Å². The number of nitrogens with two attached hydrogens (primary N) is 1. The Morgan fingerprint density at radius 1 is 0.952 bits per heavy atom. The predicted octanol–water partition coefficient (Wildman–Crippen LogP) is 0.957. The summed E-state index contributed by atoms with van der Waals surface area (Å²) in [5, 5.41) is 3.23. The minimum Gasteiger partial charge on any atom is -0.398 e. The van der Waals surface area contributed by atoms with E-state index in [1.807, 2.05) is 0 Å². The molecule has 0 saturated heterocycles. The third kappa shape index (κ3) is 2.93. The zero-order valence-corrected chi connectivity index (χ0v) is 12.4. The largest absolute Gasteiger partial charge is 0.398 e. The second kappa shape index (κ2) is 4.84. The molecule has 0 radical (unpaired) electrons. The summed E-state index contributed by atoms with van der Waals surface area (Å²) in [7, 11) is -7.47. The number of nitrogen functional groups attached to an aromatic ring is 1. The Bertz CT molecular complexity index is 930. The molecule has 2 aromatic carbocycles. The smallest absolute Gasteiger partial charge is 0.294 e. The summed E-state index contributed by atoms with van der Waals surface area (Å²) >= 11 is 0. The van der Waals surface area contributed by atoms with Crippen LogP contribution < -0.4 is 11.1 Å². The van der Waals surface area contributed by atoms with Gasteiger partial charge in [0.1, 0.15) is 0 Å². The van der Waals surface area contributed by atoms with Crippen molar-refractivity contribution in [3.8, 4) is 0 Å². The minimum absolute atomic E-state index is 0.0337. The van der Waals surface area contributed by atoms with Gasteiger partial charge in [-0.3, -0.25) is 9.11 Å². The Kier molecular flexibility index (Phi) is 3.58. The van der Waals surface area contributed by atoms with E-state index in [1.54, 1.807) is 0 Å². The quantitative estimate of drug-likeness (QED) is 0.480. The van der Waals surface area contributed by atoms with Gasteiger partial charge in [-0.25, -0.2) is 0 Å². The fourth-order valence-electron chi connectivity index (χ4n) is 1.99. The minimum atomic E-state index is -4.50. The highest BCUT2D eigenvalue weighted by Crippen LogP contribution is 2.34. The van der Waals surface area contributed by atoms with Gasteiger partial charge >= 0.3 is 0 Å². The van der Waals surface area contributed by atoms with Crippen LogP contribution >= 0.6 is 0 Å². The van der Waals surface area contributed by atoms with E-state index in [0.29, 0.717) is 11.1 Å². The molecule has 0 fully saturated rings. The molecule has 8 nitrogen and oxygen atoms in total. The fraction of sp³-hybridized carbons (Fsp3) is 0.0909. The van der Waals surface area contributed by atoms with Crippen LogP contribution in [0.5, 0.6) is 0 Å². The first kappa shape index (κ1) is 15.5. The van der Waals surface area contributed by atoms with Crippen LogP contribution in [0.3, 0.4) is 0 Å². The van der Waals surface area contributed by atoms with Crippen molar-refractivity contribution in [3.63, 3.8) is 0 Å². The second-order valence-corrected chi connectivity index (χ2v) is 7.12. The Labute approximate surface area is 121 Å². The van der Waals surface area contributed by atoms with E-state index in [0.717, 1.165) is 18.2 Å². The number of anilines is 2. The van der Waals surface area contributed by atoms with Gasteiger partial charge in [-0.1, -0.05) is 0 Å². The van der Waals surface area contributed by atoms with Crippen molar-refractivity contribution < 1.29 is 25.9 Å². The average Bonchev–Trinajstić information content (AvgIpc) is 2.34. The molecule has 0 heterocycles. The van der Waals surface area contributed by atoms with Crippen molar-refractivity contribution in [2.75, 3.05) is 18.1 Å². The normalized spacial score (nSPS) is 12.5. The number of fused-ring (bicyclic) bond motifs is 1. The highest BCUT2D eigenvalue weighted by molar-refractivity contribution is 7.86. The molecule has 10 heteroatoms. The summed E-state index contributed by atoms with van der Waals surface area (Å²) in [5.41, 5.74) is 6.09. The first-order valence-corrected chi connectivity index (χ1v) is 8.42. The molecule has 2 aromatic rings. The first-order chi connectivity index (χ1) is 9.54. The van der Waals surface area contributed by atoms with Gasteiger partial charge in [0.15, 0.2) is 0 Å². The van der Waals surface area contributed by atoms with Crippen molar-refractivity contribution in [2.45, 2.75) is 9.79 Å². The molecular weight excluding hydrogens is 320 g/mol. The Balaban J connectivity index is 2.97. The third-order valence-corrected chi connectivity index (χ3v) is 4.55. The van der Waals surface area contributed by atoms with Crippen LogP contribution in [0.2, 0.25) is 0 Å². The van der Waals surface area contributed by atoms with Crippen LogP contribution in [-0.4, -0.2) is 33.0 Å². The van der Waals surface area contributed by atoms with Crippen molar-refractivity contribution in [2.24, 2.45) is 0 Å². The van der Waals surface area contributed by atoms with E-state index in [-0.39, 0.29) is 11.1 Å². The third-order valence-electron chi connectivity index (χ3n) is 2.89. The molecule has 0 aliphatic heterocycles. The molecule has 0 saturated carbocycles. The van der Waals surface area contributed by atoms with Crippen LogP contribution in [0.25, 0.3) is 10.8 Å².